The van der Waals surface area contributed by atoms with Gasteiger partial charge in [0.1, 0.15) is 0 Å². The third-order valence-corrected chi connectivity index (χ3v) is 10.5. The molecule has 1 N–H and O–H groups in total. The number of benzene rings is 3. The van der Waals surface area contributed by atoms with Gasteiger partial charge in [-0.15, -0.1) is 0 Å². The molecule has 0 spiro atoms. The first-order valence-electron chi connectivity index (χ1n) is 17.5. The summed E-state index contributed by atoms with van der Waals surface area (Å²) in [5.74, 6) is 2.33. The Balaban J connectivity index is 1.01. The van der Waals surface area contributed by atoms with Crippen molar-refractivity contribution in [2.45, 2.75) is 43.7 Å². The fourth-order valence-corrected chi connectivity index (χ4v) is 7.68. The molecular formula is C40H46N6O4. The van der Waals surface area contributed by atoms with Gasteiger partial charge in [0.25, 0.3) is 5.91 Å². The number of aromatic nitrogens is 3. The van der Waals surface area contributed by atoms with E-state index >= 15 is 0 Å². The van der Waals surface area contributed by atoms with Gasteiger partial charge >= 0.3 is 0 Å². The molecule has 2 aromatic heterocycles. The molecule has 7 rings (SSSR count). The van der Waals surface area contributed by atoms with Crippen LogP contribution in [0.15, 0.2) is 91.3 Å². The maximum Gasteiger partial charge on any atom is 0.254 e. The maximum atomic E-state index is 13.9. The minimum absolute atomic E-state index is 0.0245. The van der Waals surface area contributed by atoms with Crippen LogP contribution >= 0.6 is 0 Å². The van der Waals surface area contributed by atoms with Crippen LogP contribution in [0.5, 0.6) is 17.2 Å². The smallest absolute Gasteiger partial charge is 0.254 e. The highest BCUT2D eigenvalue weighted by Crippen LogP contribution is 2.41. The van der Waals surface area contributed by atoms with E-state index in [1.165, 1.54) is 5.56 Å². The molecule has 10 heteroatoms. The molecule has 1 amide bonds. The van der Waals surface area contributed by atoms with Crippen LogP contribution in [0.3, 0.4) is 0 Å². The number of likely N-dealkylation sites (tertiary alicyclic amines) is 2. The molecule has 5 aromatic rings. The van der Waals surface area contributed by atoms with E-state index in [0.717, 1.165) is 74.4 Å². The molecule has 3 aromatic carbocycles. The highest BCUT2D eigenvalue weighted by molar-refractivity contribution is 5.96. The minimum atomic E-state index is -0.121. The van der Waals surface area contributed by atoms with Crippen molar-refractivity contribution < 1.29 is 19.0 Å². The Labute approximate surface area is 294 Å². The van der Waals surface area contributed by atoms with E-state index in [-0.39, 0.29) is 11.3 Å². The van der Waals surface area contributed by atoms with Crippen molar-refractivity contribution in [1.82, 2.24) is 24.3 Å². The number of piperidine rings is 1. The van der Waals surface area contributed by atoms with Gasteiger partial charge in [0, 0.05) is 55.6 Å². The number of fused-ring (bicyclic) bond motifs is 1. The van der Waals surface area contributed by atoms with Crippen molar-refractivity contribution >= 4 is 22.9 Å². The third kappa shape index (κ3) is 6.85. The second-order valence-electron chi connectivity index (χ2n) is 13.4. The summed E-state index contributed by atoms with van der Waals surface area (Å²) in [5.41, 5.74) is 4.98. The van der Waals surface area contributed by atoms with Gasteiger partial charge in [0.15, 0.2) is 11.5 Å². The third-order valence-electron chi connectivity index (χ3n) is 10.5. The lowest BCUT2D eigenvalue weighted by Gasteiger charge is -2.36. The highest BCUT2D eigenvalue weighted by Gasteiger charge is 2.42. The lowest BCUT2D eigenvalue weighted by Crippen LogP contribution is -2.42. The minimum Gasteiger partial charge on any atom is -0.493 e. The average molecular weight is 675 g/mol. The van der Waals surface area contributed by atoms with Gasteiger partial charge in [-0.05, 0) is 73.7 Å². The topological polar surface area (TPSA) is 94.0 Å². The number of ether oxygens (including phenoxy) is 3. The number of hydrogen-bond acceptors (Lipinski definition) is 8. The monoisotopic (exact) mass is 674 g/mol. The van der Waals surface area contributed by atoms with Crippen LogP contribution in [-0.2, 0) is 12.0 Å². The van der Waals surface area contributed by atoms with Gasteiger partial charge < -0.3 is 33.9 Å². The second kappa shape index (κ2) is 14.8. The quantitative estimate of drug-likeness (QED) is 0.166. The standard InChI is InChI=1S/C40H46N6O4/c1-48-35-24-30(25-36(49-2)37(35)50-3)38(47)45-23-18-40(28-45,31-11-5-4-6-12-31)17-22-44-20-15-32(16-21-44)42-39-43-33-13-7-8-14-34(33)46(39)27-29-10-9-19-41-26-29/h4-14,19,24-26,32H,15-18,20-23,27-28H2,1-3H3,(H,42,43). The first kappa shape index (κ1) is 33.4. The molecule has 0 aliphatic carbocycles. The normalized spacial score (nSPS) is 18.3. The van der Waals surface area contributed by atoms with E-state index in [4.69, 9.17) is 19.2 Å². The van der Waals surface area contributed by atoms with Crippen LogP contribution in [0.4, 0.5) is 5.95 Å². The number of imidazole rings is 1. The summed E-state index contributed by atoms with van der Waals surface area (Å²) in [5, 5.41) is 3.80. The number of carbonyl (C=O) groups excluding carboxylic acids is 1. The molecule has 260 valence electrons. The summed E-state index contributed by atoms with van der Waals surface area (Å²) in [6.07, 6.45) is 7.71. The fraction of sp³-hybridized carbons (Fsp3) is 0.375. The number of rotatable bonds is 12. The molecule has 2 fully saturated rings. The molecule has 4 heterocycles. The Morgan fingerprint density at radius 3 is 2.34 bits per heavy atom. The van der Waals surface area contributed by atoms with Crippen molar-refractivity contribution in [2.24, 2.45) is 0 Å². The molecule has 50 heavy (non-hydrogen) atoms. The number of nitrogens with zero attached hydrogens (tertiary/aromatic N) is 5. The molecule has 2 aliphatic rings. The molecule has 0 bridgehead atoms. The van der Waals surface area contributed by atoms with Crippen LogP contribution < -0.4 is 19.5 Å². The predicted molar refractivity (Wildman–Crippen MR) is 196 cm³/mol. The summed E-state index contributed by atoms with van der Waals surface area (Å²) >= 11 is 0. The number of anilines is 1. The van der Waals surface area contributed by atoms with E-state index in [9.17, 15) is 4.79 Å². The molecule has 2 saturated heterocycles. The Morgan fingerprint density at radius 2 is 1.64 bits per heavy atom. The molecule has 1 unspecified atom stereocenters. The summed E-state index contributed by atoms with van der Waals surface area (Å²) in [6, 6.07) is 27.0. The molecule has 0 saturated carbocycles. The van der Waals surface area contributed by atoms with E-state index in [1.807, 2.05) is 29.4 Å². The zero-order valence-corrected chi connectivity index (χ0v) is 29.2. The second-order valence-corrected chi connectivity index (χ2v) is 13.4. The van der Waals surface area contributed by atoms with Crippen LogP contribution in [0.2, 0.25) is 0 Å². The lowest BCUT2D eigenvalue weighted by atomic mass is 9.76. The summed E-state index contributed by atoms with van der Waals surface area (Å²) in [7, 11) is 4.71. The van der Waals surface area contributed by atoms with Crippen LogP contribution in [-0.4, -0.2) is 90.3 Å². The number of carbonyl (C=O) groups is 1. The van der Waals surface area contributed by atoms with Gasteiger partial charge in [-0.3, -0.25) is 9.78 Å². The first-order chi connectivity index (χ1) is 24.5. The maximum absolute atomic E-state index is 13.9. The molecule has 10 nitrogen and oxygen atoms in total. The van der Waals surface area contributed by atoms with Gasteiger partial charge in [0.05, 0.1) is 38.9 Å². The Morgan fingerprint density at radius 1 is 0.900 bits per heavy atom. The lowest BCUT2D eigenvalue weighted by molar-refractivity contribution is 0.0779. The number of amides is 1. The summed E-state index contributed by atoms with van der Waals surface area (Å²) in [6.45, 7) is 5.08. The highest BCUT2D eigenvalue weighted by atomic mass is 16.5. The fourth-order valence-electron chi connectivity index (χ4n) is 7.68. The zero-order chi connectivity index (χ0) is 34.5. The van der Waals surface area contributed by atoms with Gasteiger partial charge in [-0.1, -0.05) is 48.5 Å². The van der Waals surface area contributed by atoms with Crippen molar-refractivity contribution in [3.8, 4) is 17.2 Å². The van der Waals surface area contributed by atoms with E-state index in [0.29, 0.717) is 41.9 Å². The number of nitrogens with one attached hydrogen (secondary N) is 1. The average Bonchev–Trinajstić information content (AvgIpc) is 3.76. The van der Waals surface area contributed by atoms with Crippen molar-refractivity contribution in [2.75, 3.05) is 59.4 Å². The number of methoxy groups -OCH3 is 3. The largest absolute Gasteiger partial charge is 0.493 e. The SMILES string of the molecule is COc1cc(C(=O)N2CCC(CCN3CCC(Nc4nc5ccccc5n4Cc4cccnc4)CC3)(c3ccccc3)C2)cc(OC)c1OC. The van der Waals surface area contributed by atoms with Crippen LogP contribution in [0.25, 0.3) is 11.0 Å². The van der Waals surface area contributed by atoms with Crippen molar-refractivity contribution in [3.63, 3.8) is 0 Å². The summed E-state index contributed by atoms with van der Waals surface area (Å²) in [4.78, 5) is 27.8. The Bertz CT molecular complexity index is 1880. The van der Waals surface area contributed by atoms with Gasteiger partial charge in [-0.25, -0.2) is 4.98 Å². The van der Waals surface area contributed by atoms with Crippen LogP contribution in [0, 0.1) is 0 Å². The Hall–Kier alpha value is -5.09. The van der Waals surface area contributed by atoms with Gasteiger partial charge in [0.2, 0.25) is 11.7 Å². The molecule has 0 radical (unpaired) electrons. The summed E-state index contributed by atoms with van der Waals surface area (Å²) < 4.78 is 18.8. The Kier molecular flexibility index (Phi) is 9.89. The first-order valence-corrected chi connectivity index (χ1v) is 17.5. The van der Waals surface area contributed by atoms with E-state index in [1.54, 1.807) is 33.5 Å². The number of para-hydroxylation sites is 2. The van der Waals surface area contributed by atoms with Crippen molar-refractivity contribution in [1.29, 1.82) is 0 Å². The number of hydrogen-bond donors (Lipinski definition) is 1. The molecule has 2 aliphatic heterocycles. The van der Waals surface area contributed by atoms with Crippen LogP contribution in [0.1, 0.15) is 47.2 Å². The van der Waals surface area contributed by atoms with Crippen molar-refractivity contribution in [3.05, 3.63) is 108 Å². The number of pyridine rings is 1. The predicted octanol–water partition coefficient (Wildman–Crippen LogP) is 6.26. The van der Waals surface area contributed by atoms with E-state index in [2.05, 4.69) is 74.4 Å². The molecule has 1 atom stereocenters. The van der Waals surface area contributed by atoms with Gasteiger partial charge in [-0.2, -0.15) is 0 Å². The van der Waals surface area contributed by atoms with E-state index < -0.39 is 0 Å². The molecular weight excluding hydrogens is 628 g/mol. The zero-order valence-electron chi connectivity index (χ0n) is 29.2.